The first kappa shape index (κ1) is 13.3. The van der Waals surface area contributed by atoms with Crippen molar-refractivity contribution >= 4 is 17.5 Å². The van der Waals surface area contributed by atoms with Crippen molar-refractivity contribution in [2.75, 3.05) is 11.4 Å². The summed E-state index contributed by atoms with van der Waals surface area (Å²) >= 11 is 0. The number of carbonyl (C=O) groups is 1. The van der Waals surface area contributed by atoms with Gasteiger partial charge in [-0.1, -0.05) is 17.7 Å². The van der Waals surface area contributed by atoms with E-state index in [9.17, 15) is 9.59 Å². The average molecular weight is 286 g/mol. The summed E-state index contributed by atoms with van der Waals surface area (Å²) in [5.41, 5.74) is 3.18. The molecule has 3 N–H and O–H groups in total. The molecule has 2 heterocycles. The molecule has 2 aromatic rings. The first-order valence-electron chi connectivity index (χ1n) is 6.44. The second-order valence-electron chi connectivity index (χ2n) is 4.77. The van der Waals surface area contributed by atoms with E-state index < -0.39 is 11.5 Å². The second-order valence-corrected chi connectivity index (χ2v) is 4.77. The summed E-state index contributed by atoms with van der Waals surface area (Å²) < 4.78 is 1.43. The number of hydrazine groups is 1. The molecule has 0 radical (unpaired) electrons. The van der Waals surface area contributed by atoms with Crippen LogP contribution in [-0.2, 0) is 6.54 Å². The summed E-state index contributed by atoms with van der Waals surface area (Å²) in [5.74, 6) is 4.71. The summed E-state index contributed by atoms with van der Waals surface area (Å²) in [6.07, 6.45) is 0. The van der Waals surface area contributed by atoms with Crippen molar-refractivity contribution in [3.8, 4) is 0 Å². The Morgan fingerprint density at radius 1 is 1.24 bits per heavy atom. The predicted octanol–water partition coefficient (Wildman–Crippen LogP) is -0.298. The fraction of sp³-hybridized carbons (Fsp3) is 0.231. The monoisotopic (exact) mass is 286 g/mol. The molecule has 0 saturated carbocycles. The Labute approximate surface area is 120 Å². The highest BCUT2D eigenvalue weighted by Gasteiger charge is 2.26. The van der Waals surface area contributed by atoms with Crippen molar-refractivity contribution in [3.63, 3.8) is 0 Å². The van der Waals surface area contributed by atoms with Gasteiger partial charge in [-0.15, -0.1) is 10.2 Å². The highest BCUT2D eigenvalue weighted by Crippen LogP contribution is 2.26. The Morgan fingerprint density at radius 2 is 1.95 bits per heavy atom. The lowest BCUT2D eigenvalue weighted by Crippen LogP contribution is -2.38. The number of nitrogens with zero attached hydrogens (tertiary/aromatic N) is 4. The van der Waals surface area contributed by atoms with Gasteiger partial charge < -0.3 is 4.90 Å². The van der Waals surface area contributed by atoms with Crippen LogP contribution in [0.15, 0.2) is 29.1 Å². The molecule has 1 aromatic carbocycles. The molecular weight excluding hydrogens is 272 g/mol. The zero-order valence-electron chi connectivity index (χ0n) is 11.4. The van der Waals surface area contributed by atoms with Gasteiger partial charge in [0.2, 0.25) is 11.6 Å². The minimum absolute atomic E-state index is 0.299. The Hall–Kier alpha value is -2.74. The largest absolute Gasteiger partial charge is 0.309 e. The van der Waals surface area contributed by atoms with Crippen molar-refractivity contribution in [2.24, 2.45) is 5.84 Å². The van der Waals surface area contributed by atoms with Crippen molar-refractivity contribution in [1.82, 2.24) is 20.2 Å². The lowest BCUT2D eigenvalue weighted by molar-refractivity contribution is 0.0945. The molecule has 0 fully saturated rings. The molecule has 0 unspecified atom stereocenters. The maximum absolute atomic E-state index is 12.2. The van der Waals surface area contributed by atoms with Gasteiger partial charge in [-0.25, -0.2) is 5.84 Å². The number of rotatable bonds is 2. The van der Waals surface area contributed by atoms with E-state index in [1.54, 1.807) is 0 Å². The SMILES string of the molecule is Cc1ccc(N2CCn3c2nnc(C(=O)NN)c3=O)cc1. The third kappa shape index (κ3) is 2.15. The molecule has 1 amide bonds. The molecule has 3 rings (SSSR count). The number of fused-ring (bicyclic) bond motifs is 1. The number of hydrogen-bond acceptors (Lipinski definition) is 6. The Kier molecular flexibility index (Phi) is 3.15. The van der Waals surface area contributed by atoms with Gasteiger partial charge in [-0.2, -0.15) is 0 Å². The molecule has 1 aliphatic heterocycles. The number of nitrogen functional groups attached to an aromatic ring is 1. The van der Waals surface area contributed by atoms with Crippen molar-refractivity contribution in [3.05, 3.63) is 45.9 Å². The second kappa shape index (κ2) is 4.98. The van der Waals surface area contributed by atoms with Crippen LogP contribution in [0.25, 0.3) is 0 Å². The highest BCUT2D eigenvalue weighted by atomic mass is 16.2. The van der Waals surface area contributed by atoms with E-state index in [1.807, 2.05) is 41.5 Å². The van der Waals surface area contributed by atoms with Crippen LogP contribution in [0.5, 0.6) is 0 Å². The fourth-order valence-corrected chi connectivity index (χ4v) is 2.29. The topological polar surface area (TPSA) is 106 Å². The molecule has 0 atom stereocenters. The molecule has 0 spiro atoms. The third-order valence-electron chi connectivity index (χ3n) is 3.41. The van der Waals surface area contributed by atoms with Crippen LogP contribution in [0.1, 0.15) is 16.1 Å². The number of benzene rings is 1. The van der Waals surface area contributed by atoms with Gasteiger partial charge in [-0.05, 0) is 19.1 Å². The van der Waals surface area contributed by atoms with Gasteiger partial charge >= 0.3 is 0 Å². The summed E-state index contributed by atoms with van der Waals surface area (Å²) in [7, 11) is 0. The molecule has 8 heteroatoms. The molecule has 0 aliphatic carbocycles. The van der Waals surface area contributed by atoms with Crippen molar-refractivity contribution < 1.29 is 4.79 Å². The maximum Gasteiger partial charge on any atom is 0.291 e. The number of nitrogens with two attached hydrogens (primary N) is 1. The highest BCUT2D eigenvalue weighted by molar-refractivity contribution is 5.91. The van der Waals surface area contributed by atoms with Crippen molar-refractivity contribution in [1.29, 1.82) is 0 Å². The van der Waals surface area contributed by atoms with Gasteiger partial charge in [0.05, 0.1) is 0 Å². The normalized spacial score (nSPS) is 13.1. The summed E-state index contributed by atoms with van der Waals surface area (Å²) in [6.45, 7) is 3.05. The number of anilines is 2. The number of amides is 1. The van der Waals surface area contributed by atoms with Crippen LogP contribution in [0, 0.1) is 6.92 Å². The van der Waals surface area contributed by atoms with E-state index in [1.165, 1.54) is 4.57 Å². The first-order chi connectivity index (χ1) is 10.1. The summed E-state index contributed by atoms with van der Waals surface area (Å²) in [4.78, 5) is 25.6. The van der Waals surface area contributed by atoms with E-state index in [2.05, 4.69) is 10.2 Å². The Morgan fingerprint density at radius 3 is 2.62 bits per heavy atom. The predicted molar refractivity (Wildman–Crippen MR) is 76.1 cm³/mol. The molecule has 8 nitrogen and oxygen atoms in total. The number of carbonyl (C=O) groups excluding carboxylic acids is 1. The Bertz CT molecular complexity index is 752. The number of aromatic nitrogens is 3. The van der Waals surface area contributed by atoms with Crippen LogP contribution < -0.4 is 21.7 Å². The number of nitrogens with one attached hydrogen (secondary N) is 1. The van der Waals surface area contributed by atoms with E-state index in [0.717, 1.165) is 11.3 Å². The first-order valence-corrected chi connectivity index (χ1v) is 6.44. The minimum atomic E-state index is -0.739. The van der Waals surface area contributed by atoms with Gasteiger partial charge in [0, 0.05) is 18.8 Å². The Balaban J connectivity index is 2.04. The molecule has 108 valence electrons. The standard InChI is InChI=1S/C13H14N6O2/c1-8-2-4-9(5-3-8)18-6-7-19-12(21)10(11(20)15-14)16-17-13(18)19/h2-5H,6-7,14H2,1H3,(H,15,20). The van der Waals surface area contributed by atoms with Gasteiger partial charge in [0.1, 0.15) is 0 Å². The third-order valence-corrected chi connectivity index (χ3v) is 3.41. The average Bonchev–Trinajstić information content (AvgIpc) is 2.92. The van der Waals surface area contributed by atoms with E-state index in [-0.39, 0.29) is 5.69 Å². The minimum Gasteiger partial charge on any atom is -0.309 e. The van der Waals surface area contributed by atoms with E-state index >= 15 is 0 Å². The lowest BCUT2D eigenvalue weighted by Gasteiger charge is -2.16. The van der Waals surface area contributed by atoms with Crippen LogP contribution >= 0.6 is 0 Å². The smallest absolute Gasteiger partial charge is 0.291 e. The molecular formula is C13H14N6O2. The van der Waals surface area contributed by atoms with Gasteiger partial charge in [0.15, 0.2) is 0 Å². The number of hydrogen-bond donors (Lipinski definition) is 2. The van der Waals surface area contributed by atoms with E-state index in [4.69, 9.17) is 5.84 Å². The van der Waals surface area contributed by atoms with Crippen LogP contribution in [0.4, 0.5) is 11.6 Å². The zero-order valence-corrected chi connectivity index (χ0v) is 11.4. The van der Waals surface area contributed by atoms with Gasteiger partial charge in [-0.3, -0.25) is 19.6 Å². The summed E-state index contributed by atoms with van der Waals surface area (Å²) in [5, 5.41) is 7.69. The van der Waals surface area contributed by atoms with Crippen LogP contribution in [0.3, 0.4) is 0 Å². The van der Waals surface area contributed by atoms with Crippen LogP contribution in [0.2, 0.25) is 0 Å². The van der Waals surface area contributed by atoms with Crippen molar-refractivity contribution in [2.45, 2.75) is 13.5 Å². The molecule has 1 aromatic heterocycles. The van der Waals surface area contributed by atoms with E-state index in [0.29, 0.717) is 19.0 Å². The lowest BCUT2D eigenvalue weighted by atomic mass is 10.2. The molecule has 1 aliphatic rings. The fourth-order valence-electron chi connectivity index (χ4n) is 2.29. The number of aryl methyl sites for hydroxylation is 1. The van der Waals surface area contributed by atoms with Crippen LogP contribution in [-0.4, -0.2) is 27.2 Å². The molecule has 0 saturated heterocycles. The van der Waals surface area contributed by atoms with Gasteiger partial charge in [0.25, 0.3) is 11.5 Å². The zero-order chi connectivity index (χ0) is 15.0. The quantitative estimate of drug-likeness (QED) is 0.446. The molecule has 21 heavy (non-hydrogen) atoms. The molecule has 0 bridgehead atoms. The summed E-state index contributed by atoms with van der Waals surface area (Å²) in [6, 6.07) is 7.88. The maximum atomic E-state index is 12.2.